The first kappa shape index (κ1) is 17.8. The van der Waals surface area contributed by atoms with Crippen molar-refractivity contribution >= 4 is 10.0 Å². The molecule has 0 saturated carbocycles. The van der Waals surface area contributed by atoms with Gasteiger partial charge in [0.05, 0.1) is 11.4 Å². The minimum Gasteiger partial charge on any atom is -0.459 e. The maximum absolute atomic E-state index is 13.0. The van der Waals surface area contributed by atoms with Gasteiger partial charge in [-0.25, -0.2) is 18.4 Å². The lowest BCUT2D eigenvalue weighted by atomic mass is 10.2. The molecule has 0 unspecified atom stereocenters. The van der Waals surface area contributed by atoms with Crippen molar-refractivity contribution in [2.45, 2.75) is 45.1 Å². The highest BCUT2D eigenvalue weighted by Gasteiger charge is 2.34. The maximum Gasteiger partial charge on any atom is 0.317 e. The second kappa shape index (κ2) is 6.72. The van der Waals surface area contributed by atoms with E-state index in [1.807, 2.05) is 45.9 Å². The Morgan fingerprint density at radius 3 is 2.44 bits per heavy atom. The zero-order chi connectivity index (χ0) is 18.2. The van der Waals surface area contributed by atoms with Crippen LogP contribution in [0.25, 0.3) is 0 Å². The van der Waals surface area contributed by atoms with Gasteiger partial charge in [0.15, 0.2) is 0 Å². The molecule has 1 atom stereocenters. The molecular weight excluding hydrogens is 338 g/mol. The Bertz CT molecular complexity index is 876. The fourth-order valence-electron chi connectivity index (χ4n) is 3.03. The normalized spacial score (nSPS) is 18.5. The number of ether oxygens (including phenoxy) is 1. The lowest BCUT2D eigenvalue weighted by molar-refractivity contribution is 0.197. The van der Waals surface area contributed by atoms with Gasteiger partial charge in [0, 0.05) is 17.9 Å². The van der Waals surface area contributed by atoms with E-state index in [1.165, 1.54) is 4.31 Å². The molecule has 0 aliphatic carbocycles. The molecule has 1 aliphatic rings. The average Bonchev–Trinajstić information content (AvgIpc) is 2.98. The van der Waals surface area contributed by atoms with Gasteiger partial charge < -0.3 is 4.74 Å². The minimum absolute atomic E-state index is 0.235. The molecule has 1 aromatic carbocycles. The molecule has 134 valence electrons. The topological polar surface area (TPSA) is 72.4 Å². The predicted molar refractivity (Wildman–Crippen MR) is 95.2 cm³/mol. The van der Waals surface area contributed by atoms with Crippen molar-refractivity contribution in [2.24, 2.45) is 0 Å². The van der Waals surface area contributed by atoms with Crippen molar-refractivity contribution in [2.75, 3.05) is 13.1 Å². The summed E-state index contributed by atoms with van der Waals surface area (Å²) in [5.41, 5.74) is 3.35. The molecule has 0 amide bonds. The molecule has 2 heterocycles. The predicted octanol–water partition coefficient (Wildman–Crippen LogP) is 2.55. The summed E-state index contributed by atoms with van der Waals surface area (Å²) in [5.74, 6) is 0. The Morgan fingerprint density at radius 1 is 1.08 bits per heavy atom. The largest absolute Gasteiger partial charge is 0.459 e. The van der Waals surface area contributed by atoms with Gasteiger partial charge in [-0.3, -0.25) is 0 Å². The van der Waals surface area contributed by atoms with Crippen LogP contribution in [0, 0.1) is 27.7 Å². The van der Waals surface area contributed by atoms with Crippen LogP contribution >= 0.6 is 0 Å². The molecular formula is C18H23N3O3S. The van der Waals surface area contributed by atoms with Crippen LogP contribution in [0.3, 0.4) is 0 Å². The molecule has 6 nitrogen and oxygen atoms in total. The molecule has 0 spiro atoms. The van der Waals surface area contributed by atoms with Crippen molar-refractivity contribution in [3.63, 3.8) is 0 Å². The lowest BCUT2D eigenvalue weighted by Gasteiger charge is -2.18. The van der Waals surface area contributed by atoms with Crippen molar-refractivity contribution in [1.82, 2.24) is 14.3 Å². The number of hydrogen-bond donors (Lipinski definition) is 0. The summed E-state index contributed by atoms with van der Waals surface area (Å²) >= 11 is 0. The van der Waals surface area contributed by atoms with Gasteiger partial charge in [0.2, 0.25) is 10.0 Å². The van der Waals surface area contributed by atoms with Crippen LogP contribution in [-0.4, -0.2) is 41.9 Å². The van der Waals surface area contributed by atoms with Gasteiger partial charge in [0.1, 0.15) is 6.10 Å². The molecule has 1 aromatic heterocycles. The quantitative estimate of drug-likeness (QED) is 0.837. The van der Waals surface area contributed by atoms with Crippen molar-refractivity contribution in [3.8, 4) is 6.01 Å². The van der Waals surface area contributed by atoms with Crippen LogP contribution in [0.4, 0.5) is 0 Å². The van der Waals surface area contributed by atoms with E-state index in [4.69, 9.17) is 4.74 Å². The van der Waals surface area contributed by atoms with Crippen molar-refractivity contribution in [1.29, 1.82) is 0 Å². The molecule has 0 bridgehead atoms. The number of aryl methyl sites for hydroxylation is 4. The molecule has 1 aliphatic heterocycles. The second-order valence-electron chi connectivity index (χ2n) is 6.59. The van der Waals surface area contributed by atoms with E-state index in [1.54, 1.807) is 6.07 Å². The Labute approximate surface area is 148 Å². The summed E-state index contributed by atoms with van der Waals surface area (Å²) in [6.07, 6.45) is 0.390. The van der Waals surface area contributed by atoms with Crippen molar-refractivity contribution in [3.05, 3.63) is 46.8 Å². The van der Waals surface area contributed by atoms with E-state index in [0.29, 0.717) is 30.4 Å². The number of rotatable bonds is 4. The third-order valence-electron chi connectivity index (χ3n) is 4.30. The summed E-state index contributed by atoms with van der Waals surface area (Å²) < 4.78 is 33.2. The summed E-state index contributed by atoms with van der Waals surface area (Å²) in [7, 11) is -3.52. The Balaban J connectivity index is 1.76. The zero-order valence-electron chi connectivity index (χ0n) is 15.0. The fourth-order valence-corrected chi connectivity index (χ4v) is 4.83. The van der Waals surface area contributed by atoms with Crippen LogP contribution < -0.4 is 4.74 Å². The number of benzene rings is 1. The number of aromatic nitrogens is 2. The zero-order valence-corrected chi connectivity index (χ0v) is 15.8. The van der Waals surface area contributed by atoms with E-state index in [9.17, 15) is 8.42 Å². The molecule has 1 fully saturated rings. The first-order chi connectivity index (χ1) is 11.8. The monoisotopic (exact) mass is 361 g/mol. The summed E-state index contributed by atoms with van der Waals surface area (Å²) in [6.45, 7) is 8.23. The number of sulfonamides is 1. The van der Waals surface area contributed by atoms with Crippen molar-refractivity contribution < 1.29 is 13.2 Å². The number of nitrogens with zero attached hydrogens (tertiary/aromatic N) is 3. The van der Waals surface area contributed by atoms with Crippen LogP contribution in [0.15, 0.2) is 29.2 Å². The lowest BCUT2D eigenvalue weighted by Crippen LogP contribution is -2.31. The van der Waals surface area contributed by atoms with Crippen LogP contribution in [0.5, 0.6) is 6.01 Å². The van der Waals surface area contributed by atoms with E-state index in [0.717, 1.165) is 22.5 Å². The fraction of sp³-hybridized carbons (Fsp3) is 0.444. The Morgan fingerprint density at radius 2 is 1.76 bits per heavy atom. The van der Waals surface area contributed by atoms with Gasteiger partial charge >= 0.3 is 6.01 Å². The second-order valence-corrected chi connectivity index (χ2v) is 8.50. The van der Waals surface area contributed by atoms with E-state index >= 15 is 0 Å². The highest BCUT2D eigenvalue weighted by atomic mass is 32.2. The standard InChI is InChI=1S/C18H23N3O3S/c1-12-5-6-13(2)17(9-12)25(22,23)21-8-7-16(11-21)24-18-19-14(3)10-15(4)20-18/h5-6,9-10,16H,7-8,11H2,1-4H3/t16-/m0/s1. The van der Waals surface area contributed by atoms with E-state index < -0.39 is 10.0 Å². The summed E-state index contributed by atoms with van der Waals surface area (Å²) in [6, 6.07) is 7.68. The maximum atomic E-state index is 13.0. The van der Waals surface area contributed by atoms with Crippen LogP contribution in [-0.2, 0) is 10.0 Å². The molecule has 2 aromatic rings. The van der Waals surface area contributed by atoms with Gasteiger partial charge in [-0.15, -0.1) is 0 Å². The molecule has 1 saturated heterocycles. The van der Waals surface area contributed by atoms with Crippen LogP contribution in [0.1, 0.15) is 28.9 Å². The number of hydrogen-bond acceptors (Lipinski definition) is 5. The van der Waals surface area contributed by atoms with E-state index in [2.05, 4.69) is 9.97 Å². The highest BCUT2D eigenvalue weighted by molar-refractivity contribution is 7.89. The smallest absolute Gasteiger partial charge is 0.317 e. The Kier molecular flexibility index (Phi) is 4.79. The van der Waals surface area contributed by atoms with Crippen LogP contribution in [0.2, 0.25) is 0 Å². The average molecular weight is 361 g/mol. The SMILES string of the molecule is Cc1ccc(C)c(S(=O)(=O)N2CC[C@H](Oc3nc(C)cc(C)n3)C2)c1. The third kappa shape index (κ3) is 3.82. The highest BCUT2D eigenvalue weighted by Crippen LogP contribution is 2.26. The summed E-state index contributed by atoms with van der Waals surface area (Å²) in [4.78, 5) is 8.91. The third-order valence-corrected chi connectivity index (χ3v) is 6.31. The minimum atomic E-state index is -3.52. The Hall–Kier alpha value is -1.99. The van der Waals surface area contributed by atoms with Gasteiger partial charge in [-0.2, -0.15) is 4.31 Å². The molecule has 0 N–H and O–H groups in total. The van der Waals surface area contributed by atoms with Gasteiger partial charge in [-0.1, -0.05) is 12.1 Å². The molecule has 3 rings (SSSR count). The summed E-state index contributed by atoms with van der Waals surface area (Å²) in [5, 5.41) is 0. The molecule has 25 heavy (non-hydrogen) atoms. The molecule has 7 heteroatoms. The van der Waals surface area contributed by atoms with Gasteiger partial charge in [0.25, 0.3) is 0 Å². The first-order valence-corrected chi connectivity index (χ1v) is 9.76. The molecule has 0 radical (unpaired) electrons. The van der Waals surface area contributed by atoms with Gasteiger partial charge in [-0.05, 0) is 57.4 Å². The first-order valence-electron chi connectivity index (χ1n) is 8.32. The van der Waals surface area contributed by atoms with E-state index in [-0.39, 0.29) is 6.10 Å².